The van der Waals surface area contributed by atoms with E-state index in [9.17, 15) is 8.78 Å². The van der Waals surface area contributed by atoms with Gasteiger partial charge < -0.3 is 15.5 Å². The Bertz CT molecular complexity index is 625. The third-order valence-electron chi connectivity index (χ3n) is 4.96. The van der Waals surface area contributed by atoms with Gasteiger partial charge in [0.25, 0.3) is 0 Å². The number of piperidine rings is 1. The molecule has 1 atom stereocenters. The summed E-state index contributed by atoms with van der Waals surface area (Å²) in [7, 11) is 5.32. The minimum absolute atomic E-state index is 0. The molecule has 0 aliphatic carbocycles. The second-order valence-electron chi connectivity index (χ2n) is 7.08. The van der Waals surface area contributed by atoms with E-state index in [1.807, 2.05) is 20.2 Å². The van der Waals surface area contributed by atoms with Crippen molar-refractivity contribution in [2.45, 2.75) is 24.9 Å². The molecule has 0 saturated carbocycles. The smallest absolute Gasteiger partial charge is 0.191 e. The molecule has 1 aliphatic heterocycles. The van der Waals surface area contributed by atoms with Crippen LogP contribution in [0.5, 0.6) is 0 Å². The molecule has 1 aromatic rings. The van der Waals surface area contributed by atoms with Crippen LogP contribution in [0.15, 0.2) is 35.8 Å². The first-order chi connectivity index (χ1) is 13.0. The van der Waals surface area contributed by atoms with Crippen LogP contribution in [0.3, 0.4) is 0 Å². The maximum absolute atomic E-state index is 14.2. The van der Waals surface area contributed by atoms with Gasteiger partial charge in [-0.1, -0.05) is 12.1 Å². The zero-order valence-corrected chi connectivity index (χ0v) is 19.3. The minimum Gasteiger partial charge on any atom is -0.354 e. The fourth-order valence-electron chi connectivity index (χ4n) is 3.40. The second-order valence-corrected chi connectivity index (χ2v) is 7.08. The summed E-state index contributed by atoms with van der Waals surface area (Å²) in [5.41, 5.74) is 0.0724. The van der Waals surface area contributed by atoms with E-state index in [0.29, 0.717) is 18.5 Å². The molecule has 28 heavy (non-hydrogen) atoms. The Hall–Kier alpha value is -1.26. The average Bonchev–Trinajstić information content (AvgIpc) is 2.64. The predicted octanol–water partition coefficient (Wildman–Crippen LogP) is 3.00. The first-order valence-electron chi connectivity index (χ1n) is 9.37. The highest BCUT2D eigenvalue weighted by Crippen LogP contribution is 2.23. The maximum Gasteiger partial charge on any atom is 0.191 e. The molecule has 0 bridgehead atoms. The molecule has 1 aromatic carbocycles. The maximum atomic E-state index is 14.2. The number of likely N-dealkylation sites (N-methyl/N-ethyl adjacent to an activating group) is 1. The zero-order chi connectivity index (χ0) is 19.8. The Balaban J connectivity index is 0.00000392. The number of benzene rings is 1. The highest BCUT2D eigenvalue weighted by atomic mass is 127. The molecule has 2 N–H and O–H groups in total. The van der Waals surface area contributed by atoms with E-state index >= 15 is 0 Å². The number of rotatable bonds is 7. The van der Waals surface area contributed by atoms with Gasteiger partial charge in [-0.3, -0.25) is 9.89 Å². The molecular weight excluding hydrogens is 475 g/mol. The molecule has 1 aliphatic rings. The lowest BCUT2D eigenvalue weighted by Crippen LogP contribution is -2.49. The third-order valence-corrected chi connectivity index (χ3v) is 4.96. The van der Waals surface area contributed by atoms with Crippen molar-refractivity contribution in [2.24, 2.45) is 4.99 Å². The highest BCUT2D eigenvalue weighted by Gasteiger charge is 2.23. The van der Waals surface area contributed by atoms with Crippen molar-refractivity contribution in [3.8, 4) is 0 Å². The first kappa shape index (κ1) is 24.8. The molecule has 0 amide bonds. The van der Waals surface area contributed by atoms with Gasteiger partial charge in [-0.05, 0) is 39.1 Å². The van der Waals surface area contributed by atoms with E-state index in [4.69, 9.17) is 0 Å². The normalized spacial score (nSPS) is 17.1. The lowest BCUT2D eigenvalue weighted by molar-refractivity contribution is 0.224. The average molecular weight is 507 g/mol. The number of nitrogens with zero attached hydrogens (tertiary/aromatic N) is 3. The van der Waals surface area contributed by atoms with E-state index in [0.717, 1.165) is 32.5 Å². The standard InChI is InChI=1S/C20H31F2N5.HI/c1-5-11-27-12-9-15(10-13-27)25-20(23-2)24-14-18(26(3)4)19-16(21)7-6-8-17(19)22;/h5-8,15,18H,1,9-14H2,2-4H3,(H2,23,24,25);1H. The quantitative estimate of drug-likeness (QED) is 0.258. The number of nitrogens with one attached hydrogen (secondary N) is 2. The number of likely N-dealkylation sites (tertiary alicyclic amines) is 1. The van der Waals surface area contributed by atoms with Crippen LogP contribution in [0.25, 0.3) is 0 Å². The Labute approximate surface area is 184 Å². The first-order valence-corrected chi connectivity index (χ1v) is 9.37. The van der Waals surface area contributed by atoms with Crippen molar-refractivity contribution < 1.29 is 8.78 Å². The molecule has 158 valence electrons. The molecule has 1 saturated heterocycles. The molecule has 8 heteroatoms. The highest BCUT2D eigenvalue weighted by molar-refractivity contribution is 14.0. The number of hydrogen-bond donors (Lipinski definition) is 2. The van der Waals surface area contributed by atoms with Gasteiger partial charge >= 0.3 is 0 Å². The van der Waals surface area contributed by atoms with Crippen LogP contribution in [-0.2, 0) is 0 Å². The van der Waals surface area contributed by atoms with Crippen molar-refractivity contribution >= 4 is 29.9 Å². The number of hydrogen-bond acceptors (Lipinski definition) is 3. The van der Waals surface area contributed by atoms with Crippen molar-refractivity contribution in [1.82, 2.24) is 20.4 Å². The van der Waals surface area contributed by atoms with Gasteiger partial charge in [-0.2, -0.15) is 0 Å². The summed E-state index contributed by atoms with van der Waals surface area (Å²) >= 11 is 0. The molecule has 1 unspecified atom stereocenters. The van der Waals surface area contributed by atoms with E-state index in [-0.39, 0.29) is 29.5 Å². The molecule has 5 nitrogen and oxygen atoms in total. The Kier molecular flexibility index (Phi) is 10.9. The fraction of sp³-hybridized carbons (Fsp3) is 0.550. The van der Waals surface area contributed by atoms with E-state index < -0.39 is 17.7 Å². The second kappa shape index (κ2) is 12.3. The summed E-state index contributed by atoms with van der Waals surface area (Å²) in [5, 5.41) is 6.65. The summed E-state index contributed by atoms with van der Waals surface area (Å²) in [5.74, 6) is -0.415. The summed E-state index contributed by atoms with van der Waals surface area (Å²) in [6, 6.07) is 3.85. The van der Waals surface area contributed by atoms with Crippen molar-refractivity contribution in [3.05, 3.63) is 48.1 Å². The molecule has 1 fully saturated rings. The summed E-state index contributed by atoms with van der Waals surface area (Å²) in [6.07, 6.45) is 3.97. The van der Waals surface area contributed by atoms with Crippen molar-refractivity contribution in [3.63, 3.8) is 0 Å². The van der Waals surface area contributed by atoms with Crippen LogP contribution in [0.2, 0.25) is 0 Å². The lowest BCUT2D eigenvalue weighted by Gasteiger charge is -2.33. The van der Waals surface area contributed by atoms with Gasteiger partial charge in [-0.25, -0.2) is 8.78 Å². The Morgan fingerprint density at radius 3 is 2.43 bits per heavy atom. The van der Waals surface area contributed by atoms with Gasteiger partial charge in [0.1, 0.15) is 11.6 Å². The largest absolute Gasteiger partial charge is 0.354 e. The van der Waals surface area contributed by atoms with Crippen LogP contribution in [0, 0.1) is 11.6 Å². The van der Waals surface area contributed by atoms with Gasteiger partial charge in [0.2, 0.25) is 0 Å². The van der Waals surface area contributed by atoms with Crippen LogP contribution in [0.1, 0.15) is 24.4 Å². The minimum atomic E-state index is -0.534. The molecular formula is C20H32F2IN5. The van der Waals surface area contributed by atoms with Crippen molar-refractivity contribution in [2.75, 3.05) is 47.3 Å². The van der Waals surface area contributed by atoms with Crippen LogP contribution < -0.4 is 10.6 Å². The Morgan fingerprint density at radius 1 is 1.32 bits per heavy atom. The monoisotopic (exact) mass is 507 g/mol. The SMILES string of the molecule is C=CCN1CCC(NC(=NC)NCC(c2c(F)cccc2F)N(C)C)CC1.I. The number of aliphatic imine (C=N–C) groups is 1. The molecule has 2 rings (SSSR count). The molecule has 0 spiro atoms. The van der Waals surface area contributed by atoms with Gasteiger partial charge in [0.05, 0.1) is 6.04 Å². The fourth-order valence-corrected chi connectivity index (χ4v) is 3.40. The van der Waals surface area contributed by atoms with Crippen LogP contribution >= 0.6 is 24.0 Å². The zero-order valence-electron chi connectivity index (χ0n) is 16.9. The Morgan fingerprint density at radius 2 is 1.93 bits per heavy atom. The third kappa shape index (κ3) is 6.97. The van der Waals surface area contributed by atoms with Gasteiger partial charge in [-0.15, -0.1) is 30.6 Å². The molecule has 0 aromatic heterocycles. The van der Waals surface area contributed by atoms with Crippen molar-refractivity contribution in [1.29, 1.82) is 0 Å². The number of guanidine groups is 1. The summed E-state index contributed by atoms with van der Waals surface area (Å²) in [6.45, 7) is 7.08. The molecule has 1 heterocycles. The number of halogens is 3. The summed E-state index contributed by atoms with van der Waals surface area (Å²) in [4.78, 5) is 8.43. The molecule has 0 radical (unpaired) electrons. The summed E-state index contributed by atoms with van der Waals surface area (Å²) < 4.78 is 28.4. The van der Waals surface area contributed by atoms with Gasteiger partial charge in [0, 0.05) is 44.8 Å². The van der Waals surface area contributed by atoms with Gasteiger partial charge in [0.15, 0.2) is 5.96 Å². The topological polar surface area (TPSA) is 42.9 Å². The van der Waals surface area contributed by atoms with E-state index in [1.54, 1.807) is 11.9 Å². The van der Waals surface area contributed by atoms with Crippen LogP contribution in [-0.4, -0.2) is 69.1 Å². The predicted molar refractivity (Wildman–Crippen MR) is 122 cm³/mol. The van der Waals surface area contributed by atoms with E-state index in [2.05, 4.69) is 27.1 Å². The lowest BCUT2D eigenvalue weighted by atomic mass is 10.0. The van der Waals surface area contributed by atoms with E-state index in [1.165, 1.54) is 18.2 Å². The van der Waals surface area contributed by atoms with Crippen LogP contribution in [0.4, 0.5) is 8.78 Å².